The molecule has 0 aromatic rings. The SMILES string of the molecule is CC.CC[C@@H]1CCNC[C@@H]1F. The molecule has 0 amide bonds. The zero-order valence-corrected chi connectivity index (χ0v) is 7.86. The molecule has 1 fully saturated rings. The van der Waals surface area contributed by atoms with E-state index < -0.39 is 6.17 Å². The summed E-state index contributed by atoms with van der Waals surface area (Å²) < 4.78 is 12.8. The molecule has 1 aliphatic rings. The largest absolute Gasteiger partial charge is 0.314 e. The Labute approximate surface area is 69.4 Å². The van der Waals surface area contributed by atoms with E-state index >= 15 is 0 Å². The van der Waals surface area contributed by atoms with E-state index in [4.69, 9.17) is 0 Å². The quantitative estimate of drug-likeness (QED) is 0.622. The number of alkyl halides is 1. The van der Waals surface area contributed by atoms with Crippen molar-refractivity contribution in [3.63, 3.8) is 0 Å². The first-order chi connectivity index (χ1) is 5.34. The van der Waals surface area contributed by atoms with Crippen LogP contribution in [0.15, 0.2) is 0 Å². The average molecular weight is 161 g/mol. The molecule has 0 saturated carbocycles. The lowest BCUT2D eigenvalue weighted by atomic mass is 9.94. The van der Waals surface area contributed by atoms with Gasteiger partial charge in [0.15, 0.2) is 0 Å². The average Bonchev–Trinajstić information content (AvgIpc) is 2.09. The van der Waals surface area contributed by atoms with E-state index in [1.165, 1.54) is 0 Å². The normalized spacial score (nSPS) is 30.5. The highest BCUT2D eigenvalue weighted by Gasteiger charge is 2.21. The van der Waals surface area contributed by atoms with Gasteiger partial charge in [-0.3, -0.25) is 0 Å². The lowest BCUT2D eigenvalue weighted by Gasteiger charge is -2.25. The molecule has 1 nitrogen and oxygen atoms in total. The van der Waals surface area contributed by atoms with Gasteiger partial charge in [0.2, 0.25) is 0 Å². The van der Waals surface area contributed by atoms with Crippen molar-refractivity contribution in [3.05, 3.63) is 0 Å². The number of rotatable bonds is 1. The van der Waals surface area contributed by atoms with Gasteiger partial charge >= 0.3 is 0 Å². The van der Waals surface area contributed by atoms with Crippen LogP contribution in [-0.4, -0.2) is 19.3 Å². The highest BCUT2D eigenvalue weighted by Crippen LogP contribution is 2.18. The monoisotopic (exact) mass is 161 g/mol. The van der Waals surface area contributed by atoms with Crippen LogP contribution in [0.4, 0.5) is 4.39 Å². The smallest absolute Gasteiger partial charge is 0.115 e. The number of hydrogen-bond acceptors (Lipinski definition) is 1. The zero-order chi connectivity index (χ0) is 8.69. The van der Waals surface area contributed by atoms with Crippen molar-refractivity contribution in [1.29, 1.82) is 0 Å². The van der Waals surface area contributed by atoms with Gasteiger partial charge in [-0.25, -0.2) is 4.39 Å². The van der Waals surface area contributed by atoms with Crippen LogP contribution in [0.2, 0.25) is 0 Å². The molecule has 0 bridgehead atoms. The van der Waals surface area contributed by atoms with Gasteiger partial charge in [-0.1, -0.05) is 27.2 Å². The minimum atomic E-state index is -0.594. The first-order valence-corrected chi connectivity index (χ1v) is 4.69. The van der Waals surface area contributed by atoms with Crippen molar-refractivity contribution in [2.24, 2.45) is 5.92 Å². The lowest BCUT2D eigenvalue weighted by Crippen LogP contribution is -2.37. The molecule has 68 valence electrons. The van der Waals surface area contributed by atoms with Gasteiger partial charge in [0.25, 0.3) is 0 Å². The molecule has 0 aromatic carbocycles. The molecule has 0 aromatic heterocycles. The summed E-state index contributed by atoms with van der Waals surface area (Å²) in [5, 5.41) is 3.02. The summed E-state index contributed by atoms with van der Waals surface area (Å²) in [5.41, 5.74) is 0. The summed E-state index contributed by atoms with van der Waals surface area (Å²) >= 11 is 0. The van der Waals surface area contributed by atoms with Crippen molar-refractivity contribution in [1.82, 2.24) is 5.32 Å². The third-order valence-electron chi connectivity index (χ3n) is 2.07. The third-order valence-corrected chi connectivity index (χ3v) is 2.07. The number of piperidine rings is 1. The molecule has 0 unspecified atom stereocenters. The van der Waals surface area contributed by atoms with E-state index in [-0.39, 0.29) is 0 Å². The van der Waals surface area contributed by atoms with E-state index in [1.54, 1.807) is 0 Å². The highest BCUT2D eigenvalue weighted by molar-refractivity contribution is 4.75. The topological polar surface area (TPSA) is 12.0 Å². The van der Waals surface area contributed by atoms with Gasteiger partial charge < -0.3 is 5.32 Å². The van der Waals surface area contributed by atoms with Gasteiger partial charge in [-0.15, -0.1) is 0 Å². The predicted molar refractivity (Wildman–Crippen MR) is 47.5 cm³/mol. The first-order valence-electron chi connectivity index (χ1n) is 4.69. The summed E-state index contributed by atoms with van der Waals surface area (Å²) in [7, 11) is 0. The van der Waals surface area contributed by atoms with E-state index in [0.29, 0.717) is 12.5 Å². The van der Waals surface area contributed by atoms with Crippen LogP contribution in [0.5, 0.6) is 0 Å². The molecule has 1 heterocycles. The Morgan fingerprint density at radius 3 is 2.45 bits per heavy atom. The second-order valence-electron chi connectivity index (χ2n) is 2.68. The standard InChI is InChI=1S/C7H14FN.C2H6/c1-2-6-3-4-9-5-7(6)8;1-2/h6-7,9H,2-5H2,1H3;1-2H3/t6-,7+;/m1./s1. The number of halogens is 1. The van der Waals surface area contributed by atoms with Crippen LogP contribution >= 0.6 is 0 Å². The van der Waals surface area contributed by atoms with Crippen LogP contribution in [-0.2, 0) is 0 Å². The Morgan fingerprint density at radius 1 is 1.45 bits per heavy atom. The molecule has 11 heavy (non-hydrogen) atoms. The van der Waals surface area contributed by atoms with Crippen LogP contribution in [0, 0.1) is 5.92 Å². The molecule has 2 heteroatoms. The fraction of sp³-hybridized carbons (Fsp3) is 1.00. The molecule has 1 saturated heterocycles. The molecular weight excluding hydrogens is 141 g/mol. The van der Waals surface area contributed by atoms with Gasteiger partial charge in [-0.2, -0.15) is 0 Å². The predicted octanol–water partition coefficient (Wildman–Crippen LogP) is 2.37. The maximum atomic E-state index is 12.8. The van der Waals surface area contributed by atoms with Gasteiger partial charge in [-0.05, 0) is 18.9 Å². The molecule has 1 aliphatic heterocycles. The van der Waals surface area contributed by atoms with Gasteiger partial charge in [0.05, 0.1) is 0 Å². The minimum absolute atomic E-state index is 0.325. The molecule has 1 rings (SSSR count). The maximum Gasteiger partial charge on any atom is 0.115 e. The Morgan fingerprint density at radius 2 is 2.09 bits per heavy atom. The van der Waals surface area contributed by atoms with Crippen LogP contribution in [0.25, 0.3) is 0 Å². The van der Waals surface area contributed by atoms with Crippen molar-refractivity contribution in [2.45, 2.75) is 39.8 Å². The summed E-state index contributed by atoms with van der Waals surface area (Å²) in [6, 6.07) is 0. The summed E-state index contributed by atoms with van der Waals surface area (Å²) in [4.78, 5) is 0. The molecule has 0 radical (unpaired) electrons. The molecule has 2 atom stereocenters. The summed E-state index contributed by atoms with van der Waals surface area (Å²) in [5.74, 6) is 0.325. The highest BCUT2D eigenvalue weighted by atomic mass is 19.1. The second kappa shape index (κ2) is 6.59. The number of hydrogen-bond donors (Lipinski definition) is 1. The summed E-state index contributed by atoms with van der Waals surface area (Å²) in [6.45, 7) is 7.62. The maximum absolute atomic E-state index is 12.8. The van der Waals surface area contributed by atoms with Crippen molar-refractivity contribution >= 4 is 0 Å². The van der Waals surface area contributed by atoms with E-state index in [2.05, 4.69) is 12.2 Å². The Hall–Kier alpha value is -0.110. The van der Waals surface area contributed by atoms with Crippen LogP contribution < -0.4 is 5.32 Å². The second-order valence-corrected chi connectivity index (χ2v) is 2.68. The fourth-order valence-corrected chi connectivity index (χ4v) is 1.33. The van der Waals surface area contributed by atoms with E-state index in [1.807, 2.05) is 13.8 Å². The summed E-state index contributed by atoms with van der Waals surface area (Å²) in [6.07, 6.45) is 1.41. The molecular formula is C9H20FN. The Kier molecular flexibility index (Phi) is 6.52. The fourth-order valence-electron chi connectivity index (χ4n) is 1.33. The van der Waals surface area contributed by atoms with Gasteiger partial charge in [0.1, 0.15) is 6.17 Å². The van der Waals surface area contributed by atoms with Crippen LogP contribution in [0.1, 0.15) is 33.6 Å². The van der Waals surface area contributed by atoms with Crippen LogP contribution in [0.3, 0.4) is 0 Å². The lowest BCUT2D eigenvalue weighted by molar-refractivity contribution is 0.176. The Bertz CT molecular complexity index is 85.6. The van der Waals surface area contributed by atoms with E-state index in [0.717, 1.165) is 19.4 Å². The minimum Gasteiger partial charge on any atom is -0.314 e. The van der Waals surface area contributed by atoms with Crippen molar-refractivity contribution in [2.75, 3.05) is 13.1 Å². The van der Waals surface area contributed by atoms with Gasteiger partial charge in [0, 0.05) is 6.54 Å². The van der Waals surface area contributed by atoms with E-state index in [9.17, 15) is 4.39 Å². The molecule has 0 aliphatic carbocycles. The Balaban J connectivity index is 0.000000461. The zero-order valence-electron chi connectivity index (χ0n) is 7.86. The third kappa shape index (κ3) is 3.71. The number of nitrogens with one attached hydrogen (secondary N) is 1. The van der Waals surface area contributed by atoms with Crippen molar-refractivity contribution in [3.8, 4) is 0 Å². The molecule has 1 N–H and O–H groups in total. The first kappa shape index (κ1) is 10.9. The molecule has 0 spiro atoms. The van der Waals surface area contributed by atoms with Crippen molar-refractivity contribution < 1.29 is 4.39 Å².